The molecule has 0 spiro atoms. The number of nitrogens with one attached hydrogen (secondary N) is 1. The Labute approximate surface area is 122 Å². The van der Waals surface area contributed by atoms with Gasteiger partial charge in [0.05, 0.1) is 7.11 Å². The molecule has 0 amide bonds. The fraction of sp³-hybridized carbons (Fsp3) is 0.333. The smallest absolute Gasteiger partial charge is 0.279 e. The van der Waals surface area contributed by atoms with E-state index in [1.54, 1.807) is 13.2 Å². The molecule has 1 aromatic carbocycles. The van der Waals surface area contributed by atoms with E-state index in [4.69, 9.17) is 4.74 Å². The summed E-state index contributed by atoms with van der Waals surface area (Å²) in [5.74, 6) is 0.699. The van der Waals surface area contributed by atoms with Crippen LogP contribution in [-0.2, 0) is 16.8 Å². The second kappa shape index (κ2) is 7.04. The van der Waals surface area contributed by atoms with Crippen molar-refractivity contribution in [3.63, 3.8) is 0 Å². The van der Waals surface area contributed by atoms with Crippen LogP contribution in [0.5, 0.6) is 5.75 Å². The van der Waals surface area contributed by atoms with Gasteiger partial charge in [-0.25, -0.2) is 0 Å². The molecule has 1 rings (SSSR count). The maximum atomic E-state index is 11.9. The van der Waals surface area contributed by atoms with E-state index in [-0.39, 0.29) is 13.1 Å². The fourth-order valence-electron chi connectivity index (χ4n) is 1.39. The highest BCUT2D eigenvalue weighted by Crippen LogP contribution is 2.14. The van der Waals surface area contributed by atoms with Crippen molar-refractivity contribution in [2.24, 2.45) is 0 Å². The maximum absolute atomic E-state index is 11.9. The third-order valence-corrected chi connectivity index (χ3v) is 4.14. The van der Waals surface area contributed by atoms with Gasteiger partial charge in [-0.3, -0.25) is 0 Å². The van der Waals surface area contributed by atoms with Gasteiger partial charge in [0.15, 0.2) is 0 Å². The number of hydrogen-bond donors (Lipinski definition) is 1. The lowest BCUT2D eigenvalue weighted by molar-refractivity contribution is 0.412. The van der Waals surface area contributed by atoms with E-state index in [1.807, 2.05) is 18.2 Å². The van der Waals surface area contributed by atoms with E-state index >= 15 is 0 Å². The first kappa shape index (κ1) is 16.2. The summed E-state index contributed by atoms with van der Waals surface area (Å²) < 4.78 is 33.2. The lowest BCUT2D eigenvalue weighted by atomic mass is 10.2. The van der Waals surface area contributed by atoms with Gasteiger partial charge in [-0.05, 0) is 17.7 Å². The van der Waals surface area contributed by atoms with Gasteiger partial charge in [0, 0.05) is 24.6 Å². The SMILES string of the molecule is C=C(Br)CNS(=O)(=O)N(C)Cc1cccc(OC)c1. The maximum Gasteiger partial charge on any atom is 0.279 e. The first-order valence-corrected chi connectivity index (χ1v) is 7.75. The van der Waals surface area contributed by atoms with Gasteiger partial charge in [-0.1, -0.05) is 34.6 Å². The van der Waals surface area contributed by atoms with Crippen molar-refractivity contribution in [2.45, 2.75) is 6.54 Å². The van der Waals surface area contributed by atoms with Crippen LogP contribution in [-0.4, -0.2) is 33.4 Å². The van der Waals surface area contributed by atoms with E-state index in [0.29, 0.717) is 10.2 Å². The second-order valence-corrected chi connectivity index (χ2v) is 6.93. The molecule has 106 valence electrons. The highest BCUT2D eigenvalue weighted by molar-refractivity contribution is 9.11. The molecule has 7 heteroatoms. The lowest BCUT2D eigenvalue weighted by Crippen LogP contribution is -2.38. The molecule has 0 saturated heterocycles. The third kappa shape index (κ3) is 5.32. The van der Waals surface area contributed by atoms with E-state index < -0.39 is 10.2 Å². The summed E-state index contributed by atoms with van der Waals surface area (Å²) >= 11 is 3.11. The van der Waals surface area contributed by atoms with Crippen LogP contribution in [0.3, 0.4) is 0 Å². The number of ether oxygens (including phenoxy) is 1. The van der Waals surface area contributed by atoms with Crippen LogP contribution in [0, 0.1) is 0 Å². The Morgan fingerprint density at radius 1 is 1.53 bits per heavy atom. The first-order chi connectivity index (χ1) is 8.85. The molecule has 0 aliphatic heterocycles. The summed E-state index contributed by atoms with van der Waals surface area (Å²) in [4.78, 5) is 0. The molecule has 0 heterocycles. The zero-order valence-corrected chi connectivity index (χ0v) is 13.3. The number of methoxy groups -OCH3 is 1. The predicted octanol–water partition coefficient (Wildman–Crippen LogP) is 1.87. The minimum absolute atomic E-state index is 0.158. The van der Waals surface area contributed by atoms with Crippen LogP contribution >= 0.6 is 15.9 Å². The van der Waals surface area contributed by atoms with Crippen molar-refractivity contribution in [1.29, 1.82) is 0 Å². The molecule has 0 saturated carbocycles. The van der Waals surface area contributed by atoms with Crippen molar-refractivity contribution in [2.75, 3.05) is 20.7 Å². The van der Waals surface area contributed by atoms with Crippen LogP contribution in [0.1, 0.15) is 5.56 Å². The molecule has 5 nitrogen and oxygen atoms in total. The van der Waals surface area contributed by atoms with Crippen LogP contribution in [0.25, 0.3) is 0 Å². The normalized spacial score (nSPS) is 11.6. The van der Waals surface area contributed by atoms with Crippen LogP contribution in [0.15, 0.2) is 35.3 Å². The summed E-state index contributed by atoms with van der Waals surface area (Å²) in [6.45, 7) is 4.00. The average molecular weight is 349 g/mol. The minimum Gasteiger partial charge on any atom is -0.497 e. The Morgan fingerprint density at radius 3 is 2.79 bits per heavy atom. The largest absolute Gasteiger partial charge is 0.497 e. The molecule has 19 heavy (non-hydrogen) atoms. The van der Waals surface area contributed by atoms with Gasteiger partial charge < -0.3 is 4.74 Å². The topological polar surface area (TPSA) is 58.6 Å². The Hall–Kier alpha value is -0.890. The summed E-state index contributed by atoms with van der Waals surface area (Å²) in [6.07, 6.45) is 0. The first-order valence-electron chi connectivity index (χ1n) is 5.52. The summed E-state index contributed by atoms with van der Waals surface area (Å²) in [7, 11) is -0.437. The molecule has 0 atom stereocenters. The lowest BCUT2D eigenvalue weighted by Gasteiger charge is -2.18. The van der Waals surface area contributed by atoms with E-state index in [0.717, 1.165) is 5.56 Å². The highest BCUT2D eigenvalue weighted by Gasteiger charge is 2.17. The van der Waals surface area contributed by atoms with E-state index in [9.17, 15) is 8.42 Å². The van der Waals surface area contributed by atoms with Gasteiger partial charge in [-0.15, -0.1) is 0 Å². The number of halogens is 1. The standard InChI is InChI=1S/C12H17BrN2O3S/c1-10(13)8-14-19(16,17)15(2)9-11-5-4-6-12(7-11)18-3/h4-7,14H,1,8-9H2,2-3H3. The Morgan fingerprint density at radius 2 is 2.21 bits per heavy atom. The van der Waals surface area contributed by atoms with E-state index in [1.165, 1.54) is 11.4 Å². The second-order valence-electron chi connectivity index (χ2n) is 3.95. The monoisotopic (exact) mass is 348 g/mol. The zero-order valence-electron chi connectivity index (χ0n) is 10.9. The van der Waals surface area contributed by atoms with Crippen molar-refractivity contribution in [1.82, 2.24) is 9.03 Å². The number of benzene rings is 1. The predicted molar refractivity (Wildman–Crippen MR) is 79.5 cm³/mol. The molecular formula is C12H17BrN2O3S. The van der Waals surface area contributed by atoms with E-state index in [2.05, 4.69) is 27.2 Å². The zero-order chi connectivity index (χ0) is 14.5. The number of hydrogen-bond acceptors (Lipinski definition) is 3. The molecule has 1 N–H and O–H groups in total. The Kier molecular flexibility index (Phi) is 5.99. The summed E-state index contributed by atoms with van der Waals surface area (Å²) in [5, 5.41) is 0. The Bertz CT molecular complexity index is 546. The van der Waals surface area contributed by atoms with Crippen molar-refractivity contribution in [3.8, 4) is 5.75 Å². The summed E-state index contributed by atoms with van der Waals surface area (Å²) in [6, 6.07) is 7.28. The van der Waals surface area contributed by atoms with Gasteiger partial charge in [0.25, 0.3) is 10.2 Å². The third-order valence-electron chi connectivity index (χ3n) is 2.40. The quantitative estimate of drug-likeness (QED) is 0.818. The van der Waals surface area contributed by atoms with Crippen LogP contribution < -0.4 is 9.46 Å². The molecule has 0 bridgehead atoms. The van der Waals surface area contributed by atoms with Gasteiger partial charge >= 0.3 is 0 Å². The fourth-order valence-corrected chi connectivity index (χ4v) is 2.61. The average Bonchev–Trinajstić information content (AvgIpc) is 2.36. The van der Waals surface area contributed by atoms with Gasteiger partial charge in [0.2, 0.25) is 0 Å². The molecule has 1 aromatic rings. The molecule has 0 radical (unpaired) electrons. The van der Waals surface area contributed by atoms with Crippen LogP contribution in [0.2, 0.25) is 0 Å². The van der Waals surface area contributed by atoms with Crippen molar-refractivity contribution >= 4 is 26.1 Å². The van der Waals surface area contributed by atoms with Crippen molar-refractivity contribution in [3.05, 3.63) is 40.9 Å². The van der Waals surface area contributed by atoms with Crippen LogP contribution in [0.4, 0.5) is 0 Å². The molecular weight excluding hydrogens is 332 g/mol. The molecule has 0 aliphatic rings. The molecule has 0 aliphatic carbocycles. The Balaban J connectivity index is 2.72. The number of rotatable bonds is 7. The van der Waals surface area contributed by atoms with Crippen molar-refractivity contribution < 1.29 is 13.2 Å². The number of nitrogens with zero attached hydrogens (tertiary/aromatic N) is 1. The molecule has 0 fully saturated rings. The molecule has 0 unspecified atom stereocenters. The highest BCUT2D eigenvalue weighted by atomic mass is 79.9. The molecule has 0 aromatic heterocycles. The summed E-state index contributed by atoms with van der Waals surface area (Å²) in [5.41, 5.74) is 0.852. The minimum atomic E-state index is -3.52. The van der Waals surface area contributed by atoms with Gasteiger partial charge in [0.1, 0.15) is 5.75 Å². The van der Waals surface area contributed by atoms with Gasteiger partial charge in [-0.2, -0.15) is 17.4 Å².